The van der Waals surface area contributed by atoms with E-state index in [1.54, 1.807) is 7.05 Å². The molecular weight excluding hydrogens is 144 g/mol. The predicted octanol–water partition coefficient (Wildman–Crippen LogP) is -0.288. The van der Waals surface area contributed by atoms with Crippen molar-refractivity contribution < 1.29 is 9.53 Å². The number of hydrogen-bond donors (Lipinski definition) is 2. The fourth-order valence-electron chi connectivity index (χ4n) is 1.04. The quantitative estimate of drug-likeness (QED) is 0.404. The monoisotopic (exact) mass is 156 g/mol. The molecule has 11 heavy (non-hydrogen) atoms. The number of ether oxygens (including phenoxy) is 1. The van der Waals surface area contributed by atoms with Crippen LogP contribution in [0.1, 0.15) is 13.3 Å². The Labute approximate surface area is 65.4 Å². The second-order valence-electron chi connectivity index (χ2n) is 2.56. The van der Waals surface area contributed by atoms with Gasteiger partial charge >= 0.3 is 5.97 Å². The predicted molar refractivity (Wildman–Crippen MR) is 40.4 cm³/mol. The third kappa shape index (κ3) is 1.45. The van der Waals surface area contributed by atoms with Crippen molar-refractivity contribution in [2.24, 2.45) is 5.73 Å². The highest BCUT2D eigenvalue weighted by Gasteiger charge is 2.27. The van der Waals surface area contributed by atoms with Crippen molar-refractivity contribution in [3.63, 3.8) is 0 Å². The summed E-state index contributed by atoms with van der Waals surface area (Å²) in [6.45, 7) is 1.84. The minimum absolute atomic E-state index is 0.0376. The Kier molecular flexibility index (Phi) is 2.03. The molecule has 0 saturated carbocycles. The van der Waals surface area contributed by atoms with E-state index in [0.717, 1.165) is 0 Å². The fraction of sp³-hybridized carbons (Fsp3) is 0.571. The molecule has 1 atom stereocenters. The fourth-order valence-corrected chi connectivity index (χ4v) is 1.04. The van der Waals surface area contributed by atoms with Crippen molar-refractivity contribution in [2.75, 3.05) is 7.05 Å². The normalized spacial score (nSPS) is 28.2. The standard InChI is InChI=1S/C7H12N2O2/c1-4-3-5(6(8)9-2)7(10)11-4/h4,9H,3,8H2,1-2H3/b6-5+. The van der Waals surface area contributed by atoms with Gasteiger partial charge in [-0.2, -0.15) is 0 Å². The summed E-state index contributed by atoms with van der Waals surface area (Å²) >= 11 is 0. The number of hydrogen-bond acceptors (Lipinski definition) is 4. The van der Waals surface area contributed by atoms with E-state index in [1.165, 1.54) is 0 Å². The molecule has 4 nitrogen and oxygen atoms in total. The van der Waals surface area contributed by atoms with Gasteiger partial charge in [-0.15, -0.1) is 0 Å². The van der Waals surface area contributed by atoms with Crippen LogP contribution in [0.2, 0.25) is 0 Å². The van der Waals surface area contributed by atoms with E-state index < -0.39 is 0 Å². The first-order valence-corrected chi connectivity index (χ1v) is 3.52. The van der Waals surface area contributed by atoms with Crippen molar-refractivity contribution in [3.05, 3.63) is 11.4 Å². The van der Waals surface area contributed by atoms with Gasteiger partial charge in [-0.25, -0.2) is 4.79 Å². The van der Waals surface area contributed by atoms with Crippen LogP contribution in [0.3, 0.4) is 0 Å². The first-order chi connectivity index (χ1) is 5.15. The number of carbonyl (C=O) groups is 1. The summed E-state index contributed by atoms with van der Waals surface area (Å²) in [4.78, 5) is 11.0. The first kappa shape index (κ1) is 7.91. The summed E-state index contributed by atoms with van der Waals surface area (Å²) in [5.41, 5.74) is 6.05. The third-order valence-corrected chi connectivity index (χ3v) is 1.64. The van der Waals surface area contributed by atoms with Crippen LogP contribution in [0.25, 0.3) is 0 Å². The van der Waals surface area contributed by atoms with Crippen LogP contribution >= 0.6 is 0 Å². The molecule has 1 saturated heterocycles. The van der Waals surface area contributed by atoms with Crippen molar-refractivity contribution in [1.29, 1.82) is 0 Å². The lowest BCUT2D eigenvalue weighted by Crippen LogP contribution is -2.19. The van der Waals surface area contributed by atoms with E-state index in [9.17, 15) is 4.79 Å². The van der Waals surface area contributed by atoms with E-state index in [2.05, 4.69) is 5.32 Å². The second kappa shape index (κ2) is 2.82. The summed E-state index contributed by atoms with van der Waals surface area (Å²) in [7, 11) is 1.68. The van der Waals surface area contributed by atoms with Gasteiger partial charge in [0.1, 0.15) is 11.9 Å². The third-order valence-electron chi connectivity index (χ3n) is 1.64. The Morgan fingerprint density at radius 3 is 2.82 bits per heavy atom. The average molecular weight is 156 g/mol. The molecule has 1 aliphatic heterocycles. The van der Waals surface area contributed by atoms with E-state index >= 15 is 0 Å². The maximum atomic E-state index is 11.0. The van der Waals surface area contributed by atoms with Crippen LogP contribution in [0.5, 0.6) is 0 Å². The van der Waals surface area contributed by atoms with Crippen LogP contribution in [0, 0.1) is 0 Å². The zero-order chi connectivity index (χ0) is 8.43. The summed E-state index contributed by atoms with van der Waals surface area (Å²) in [5, 5.41) is 2.71. The van der Waals surface area contributed by atoms with Crippen molar-refractivity contribution in [3.8, 4) is 0 Å². The van der Waals surface area contributed by atoms with Gasteiger partial charge in [0.15, 0.2) is 0 Å². The van der Waals surface area contributed by atoms with Gasteiger partial charge in [-0.3, -0.25) is 0 Å². The Morgan fingerprint density at radius 2 is 2.45 bits per heavy atom. The number of rotatable bonds is 1. The molecule has 1 rings (SSSR count). The van der Waals surface area contributed by atoms with Crippen LogP contribution in [-0.2, 0) is 9.53 Å². The first-order valence-electron chi connectivity index (χ1n) is 3.52. The van der Waals surface area contributed by atoms with E-state index in [1.807, 2.05) is 6.92 Å². The van der Waals surface area contributed by atoms with E-state index in [-0.39, 0.29) is 12.1 Å². The van der Waals surface area contributed by atoms with Crippen LogP contribution in [0.15, 0.2) is 11.4 Å². The van der Waals surface area contributed by atoms with Crippen LogP contribution in [-0.4, -0.2) is 19.1 Å². The molecule has 0 amide bonds. The molecule has 1 aliphatic rings. The topological polar surface area (TPSA) is 64.3 Å². The summed E-state index contributed by atoms with van der Waals surface area (Å²) in [6, 6.07) is 0. The molecule has 0 aromatic rings. The lowest BCUT2D eigenvalue weighted by Gasteiger charge is -1.99. The summed E-state index contributed by atoms with van der Waals surface area (Å²) < 4.78 is 4.88. The van der Waals surface area contributed by atoms with Crippen molar-refractivity contribution in [2.45, 2.75) is 19.4 Å². The molecule has 62 valence electrons. The second-order valence-corrected chi connectivity index (χ2v) is 2.56. The SMILES string of the molecule is CN/C(N)=C1\CC(C)OC1=O. The molecule has 1 fully saturated rings. The van der Waals surface area contributed by atoms with E-state index in [4.69, 9.17) is 10.5 Å². The average Bonchev–Trinajstić information content (AvgIpc) is 2.28. The van der Waals surface area contributed by atoms with Crippen LogP contribution in [0.4, 0.5) is 0 Å². The molecular formula is C7H12N2O2. The van der Waals surface area contributed by atoms with Gasteiger partial charge < -0.3 is 15.8 Å². The number of esters is 1. The number of nitrogens with one attached hydrogen (secondary N) is 1. The van der Waals surface area contributed by atoms with Crippen LogP contribution < -0.4 is 11.1 Å². The molecule has 0 spiro atoms. The number of carbonyl (C=O) groups excluding carboxylic acids is 1. The van der Waals surface area contributed by atoms with Gasteiger partial charge in [0, 0.05) is 13.5 Å². The molecule has 0 aromatic heterocycles. The molecule has 1 heterocycles. The Hall–Kier alpha value is -1.19. The Balaban J connectivity index is 2.82. The molecule has 0 aliphatic carbocycles. The van der Waals surface area contributed by atoms with E-state index in [0.29, 0.717) is 17.8 Å². The molecule has 4 heteroatoms. The minimum atomic E-state index is -0.302. The zero-order valence-corrected chi connectivity index (χ0v) is 6.68. The molecule has 0 bridgehead atoms. The molecule has 0 aromatic carbocycles. The maximum absolute atomic E-state index is 11.0. The molecule has 0 radical (unpaired) electrons. The van der Waals surface area contributed by atoms with Gasteiger partial charge in [0.2, 0.25) is 0 Å². The van der Waals surface area contributed by atoms with Crippen molar-refractivity contribution >= 4 is 5.97 Å². The maximum Gasteiger partial charge on any atom is 0.338 e. The summed E-state index contributed by atoms with van der Waals surface area (Å²) in [5.74, 6) is 0.115. The highest BCUT2D eigenvalue weighted by atomic mass is 16.5. The van der Waals surface area contributed by atoms with Gasteiger partial charge in [-0.1, -0.05) is 0 Å². The lowest BCUT2D eigenvalue weighted by molar-refractivity contribution is -0.138. The van der Waals surface area contributed by atoms with Gasteiger partial charge in [-0.05, 0) is 6.92 Å². The van der Waals surface area contributed by atoms with Gasteiger partial charge in [0.25, 0.3) is 0 Å². The Bertz CT molecular complexity index is 210. The highest BCUT2D eigenvalue weighted by molar-refractivity contribution is 5.91. The minimum Gasteiger partial charge on any atom is -0.459 e. The largest absolute Gasteiger partial charge is 0.459 e. The lowest BCUT2D eigenvalue weighted by atomic mass is 10.2. The number of nitrogens with two attached hydrogens (primary N) is 1. The zero-order valence-electron chi connectivity index (χ0n) is 6.68. The highest BCUT2D eigenvalue weighted by Crippen LogP contribution is 2.20. The van der Waals surface area contributed by atoms with Gasteiger partial charge in [0.05, 0.1) is 5.57 Å². The number of cyclic esters (lactones) is 1. The Morgan fingerprint density at radius 1 is 1.82 bits per heavy atom. The molecule has 3 N–H and O–H groups in total. The van der Waals surface area contributed by atoms with Crippen molar-refractivity contribution in [1.82, 2.24) is 5.32 Å². The molecule has 1 unspecified atom stereocenters. The smallest absolute Gasteiger partial charge is 0.338 e. The summed E-state index contributed by atoms with van der Waals surface area (Å²) in [6.07, 6.45) is 0.565.